The summed E-state index contributed by atoms with van der Waals surface area (Å²) < 4.78 is 0. The van der Waals surface area contributed by atoms with Gasteiger partial charge in [-0.3, -0.25) is 9.69 Å². The molecule has 3 rings (SSSR count). The molecule has 29 heavy (non-hydrogen) atoms. The molecule has 1 aromatic carbocycles. The molecule has 2 nitrogen and oxygen atoms in total. The Kier molecular flexibility index (Phi) is 8.15. The normalized spacial score (nSPS) is 26.3. The molecule has 1 aromatic rings. The van der Waals surface area contributed by atoms with Crippen molar-refractivity contribution in [1.29, 1.82) is 0 Å². The maximum absolute atomic E-state index is 13.0. The SMILES string of the molecule is CCCCN(CCCC)Cc1ccc(/C=C2\C(=O)C3(C)CCC2C3(C)C)cc1.Cl. The Labute approximate surface area is 184 Å². The van der Waals surface area contributed by atoms with E-state index in [0.717, 1.165) is 25.0 Å². The van der Waals surface area contributed by atoms with E-state index in [1.54, 1.807) is 0 Å². The Morgan fingerprint density at radius 3 is 2.10 bits per heavy atom. The lowest BCUT2D eigenvalue weighted by Crippen LogP contribution is -2.32. The quantitative estimate of drug-likeness (QED) is 0.406. The predicted octanol–water partition coefficient (Wildman–Crippen LogP) is 6.92. The number of allylic oxidation sites excluding steroid dienone is 1. The van der Waals surface area contributed by atoms with Crippen LogP contribution in [0.25, 0.3) is 6.08 Å². The third-order valence-electron chi connectivity index (χ3n) is 7.73. The molecule has 2 aliphatic carbocycles. The summed E-state index contributed by atoms with van der Waals surface area (Å²) in [7, 11) is 0. The van der Waals surface area contributed by atoms with Crippen LogP contribution in [0.15, 0.2) is 29.8 Å². The number of halogens is 1. The Morgan fingerprint density at radius 1 is 1.03 bits per heavy atom. The van der Waals surface area contributed by atoms with Gasteiger partial charge in [0, 0.05) is 12.0 Å². The minimum atomic E-state index is -0.164. The number of hydrogen-bond acceptors (Lipinski definition) is 2. The number of benzene rings is 1. The number of nitrogens with zero attached hydrogens (tertiary/aromatic N) is 1. The van der Waals surface area contributed by atoms with Crippen LogP contribution in [-0.2, 0) is 11.3 Å². The molecule has 0 N–H and O–H groups in total. The first kappa shape index (κ1) is 24.2. The zero-order chi connectivity index (χ0) is 20.4. The van der Waals surface area contributed by atoms with Crippen LogP contribution in [0.3, 0.4) is 0 Å². The molecule has 2 saturated carbocycles. The van der Waals surface area contributed by atoms with E-state index < -0.39 is 0 Å². The monoisotopic (exact) mass is 417 g/mol. The topological polar surface area (TPSA) is 20.3 Å². The third kappa shape index (κ3) is 4.64. The zero-order valence-corrected chi connectivity index (χ0v) is 19.9. The molecule has 0 saturated heterocycles. The first-order valence-corrected chi connectivity index (χ1v) is 11.4. The Bertz CT molecular complexity index is 713. The number of carbonyl (C=O) groups excluding carboxylic acids is 1. The van der Waals surface area contributed by atoms with Crippen LogP contribution >= 0.6 is 12.4 Å². The van der Waals surface area contributed by atoms with Gasteiger partial charge < -0.3 is 0 Å². The summed E-state index contributed by atoms with van der Waals surface area (Å²) in [4.78, 5) is 15.6. The lowest BCUT2D eigenvalue weighted by Gasteiger charge is -2.31. The molecular weight excluding hydrogens is 378 g/mol. The molecule has 162 valence electrons. The summed E-state index contributed by atoms with van der Waals surface area (Å²) in [6.45, 7) is 14.7. The van der Waals surface area contributed by atoms with Crippen molar-refractivity contribution >= 4 is 24.3 Å². The predicted molar refractivity (Wildman–Crippen MR) is 126 cm³/mol. The average molecular weight is 418 g/mol. The van der Waals surface area contributed by atoms with E-state index in [9.17, 15) is 4.79 Å². The molecule has 0 spiro atoms. The van der Waals surface area contributed by atoms with Crippen LogP contribution in [0, 0.1) is 16.7 Å². The van der Waals surface area contributed by atoms with Gasteiger partial charge in [0.05, 0.1) is 0 Å². The molecule has 0 radical (unpaired) electrons. The smallest absolute Gasteiger partial charge is 0.165 e. The van der Waals surface area contributed by atoms with Gasteiger partial charge in [-0.15, -0.1) is 12.4 Å². The zero-order valence-electron chi connectivity index (χ0n) is 19.1. The molecule has 0 amide bonds. The van der Waals surface area contributed by atoms with Gasteiger partial charge in [0.25, 0.3) is 0 Å². The van der Waals surface area contributed by atoms with Gasteiger partial charge in [-0.2, -0.15) is 0 Å². The summed E-state index contributed by atoms with van der Waals surface area (Å²) in [5, 5.41) is 0. The van der Waals surface area contributed by atoms with Crippen molar-refractivity contribution in [3.63, 3.8) is 0 Å². The van der Waals surface area contributed by atoms with Crippen LogP contribution < -0.4 is 0 Å². The molecule has 3 heteroatoms. The molecule has 2 bridgehead atoms. The summed E-state index contributed by atoms with van der Waals surface area (Å²) in [6, 6.07) is 8.91. The maximum atomic E-state index is 13.0. The fourth-order valence-corrected chi connectivity index (χ4v) is 5.28. The highest BCUT2D eigenvalue weighted by molar-refractivity contribution is 6.07. The molecule has 2 aliphatic rings. The van der Waals surface area contributed by atoms with Crippen molar-refractivity contribution < 1.29 is 4.79 Å². The lowest BCUT2D eigenvalue weighted by atomic mass is 9.70. The largest absolute Gasteiger partial charge is 0.299 e. The number of fused-ring (bicyclic) bond motifs is 2. The van der Waals surface area contributed by atoms with E-state index in [2.05, 4.69) is 69.9 Å². The highest BCUT2D eigenvalue weighted by Crippen LogP contribution is 2.65. The summed E-state index contributed by atoms with van der Waals surface area (Å²) in [5.74, 6) is 0.811. The van der Waals surface area contributed by atoms with Crippen molar-refractivity contribution in [3.8, 4) is 0 Å². The third-order valence-corrected chi connectivity index (χ3v) is 7.73. The van der Waals surface area contributed by atoms with Gasteiger partial charge >= 0.3 is 0 Å². The van der Waals surface area contributed by atoms with E-state index in [0.29, 0.717) is 11.7 Å². The molecule has 2 unspecified atom stereocenters. The van der Waals surface area contributed by atoms with E-state index in [4.69, 9.17) is 0 Å². The minimum Gasteiger partial charge on any atom is -0.299 e. The minimum absolute atomic E-state index is 0. The lowest BCUT2D eigenvalue weighted by molar-refractivity contribution is -0.125. The number of ketones is 1. The molecule has 0 aliphatic heterocycles. The van der Waals surface area contributed by atoms with E-state index in [1.165, 1.54) is 49.9 Å². The Hall–Kier alpha value is -1.12. The molecule has 2 atom stereocenters. The standard InChI is InChI=1S/C26H39NO.ClH/c1-6-8-16-27(17-9-7-2)19-21-12-10-20(11-13-21)18-22-23-14-15-26(5,24(22)28)25(23,3)4;/h10-13,18,23H,6-9,14-17,19H2,1-5H3;1H/b22-18-;. The fourth-order valence-electron chi connectivity index (χ4n) is 5.28. The van der Waals surface area contributed by atoms with Crippen LogP contribution in [-0.4, -0.2) is 23.8 Å². The van der Waals surface area contributed by atoms with E-state index >= 15 is 0 Å². The Balaban J connectivity index is 0.00000300. The van der Waals surface area contributed by atoms with Gasteiger partial charge in [0.2, 0.25) is 0 Å². The van der Waals surface area contributed by atoms with Gasteiger partial charge in [-0.1, -0.05) is 71.7 Å². The van der Waals surface area contributed by atoms with E-state index in [-0.39, 0.29) is 23.2 Å². The second kappa shape index (κ2) is 9.79. The van der Waals surface area contributed by atoms with Gasteiger partial charge in [-0.05, 0) is 72.9 Å². The number of Topliss-reactive ketones (excluding diaryl/α,β-unsaturated/α-hetero) is 1. The van der Waals surface area contributed by atoms with Crippen molar-refractivity contribution in [3.05, 3.63) is 41.0 Å². The van der Waals surface area contributed by atoms with Crippen molar-refractivity contribution in [2.24, 2.45) is 16.7 Å². The first-order valence-electron chi connectivity index (χ1n) is 11.4. The van der Waals surface area contributed by atoms with E-state index in [1.807, 2.05) is 0 Å². The molecular formula is C26H40ClNO. The van der Waals surface area contributed by atoms with Crippen LogP contribution in [0.5, 0.6) is 0 Å². The number of rotatable bonds is 9. The number of unbranched alkanes of at least 4 members (excludes halogenated alkanes) is 2. The summed E-state index contributed by atoms with van der Waals surface area (Å²) in [5.41, 5.74) is 3.55. The fraction of sp³-hybridized carbons (Fsp3) is 0.654. The van der Waals surface area contributed by atoms with Crippen LogP contribution in [0.2, 0.25) is 0 Å². The van der Waals surface area contributed by atoms with Gasteiger partial charge in [-0.25, -0.2) is 0 Å². The Morgan fingerprint density at radius 2 is 1.62 bits per heavy atom. The molecule has 0 aromatic heterocycles. The average Bonchev–Trinajstić information content (AvgIpc) is 2.99. The molecule has 2 fully saturated rings. The number of carbonyl (C=O) groups is 1. The summed E-state index contributed by atoms with van der Waals surface area (Å²) >= 11 is 0. The second-order valence-corrected chi connectivity index (χ2v) is 9.80. The highest BCUT2D eigenvalue weighted by atomic mass is 35.5. The molecule has 0 heterocycles. The van der Waals surface area contributed by atoms with Crippen LogP contribution in [0.4, 0.5) is 0 Å². The first-order chi connectivity index (χ1) is 13.3. The maximum Gasteiger partial charge on any atom is 0.165 e. The number of hydrogen-bond donors (Lipinski definition) is 0. The van der Waals surface area contributed by atoms with Crippen LogP contribution in [0.1, 0.15) is 84.3 Å². The van der Waals surface area contributed by atoms with Gasteiger partial charge in [0.15, 0.2) is 5.78 Å². The summed E-state index contributed by atoms with van der Waals surface area (Å²) in [6.07, 6.45) is 9.42. The second-order valence-electron chi connectivity index (χ2n) is 9.80. The van der Waals surface area contributed by atoms with Crippen molar-refractivity contribution in [2.45, 2.75) is 79.7 Å². The highest BCUT2D eigenvalue weighted by Gasteiger charge is 2.63. The van der Waals surface area contributed by atoms with Crippen molar-refractivity contribution in [2.75, 3.05) is 13.1 Å². The van der Waals surface area contributed by atoms with Gasteiger partial charge in [0.1, 0.15) is 0 Å². The van der Waals surface area contributed by atoms with Crippen molar-refractivity contribution in [1.82, 2.24) is 4.90 Å².